The Bertz CT molecular complexity index is 622. The van der Waals surface area contributed by atoms with Gasteiger partial charge in [0.2, 0.25) is 0 Å². The number of aliphatic imine (C=N–C) groups is 1. The zero-order valence-corrected chi connectivity index (χ0v) is 17.9. The summed E-state index contributed by atoms with van der Waals surface area (Å²) in [6.45, 7) is 14.0. The largest absolute Gasteiger partial charge is 0.496 e. The second-order valence-electron chi connectivity index (χ2n) is 7.97. The van der Waals surface area contributed by atoms with Crippen molar-refractivity contribution in [3.05, 3.63) is 29.3 Å². The number of nitrogens with one attached hydrogen (secondary N) is 2. The van der Waals surface area contributed by atoms with Gasteiger partial charge in [-0.2, -0.15) is 0 Å². The fraction of sp³-hybridized carbons (Fsp3) is 0.682. The lowest BCUT2D eigenvalue weighted by molar-refractivity contribution is 0.0522. The maximum atomic E-state index is 5.71. The Balaban J connectivity index is 2.34. The molecule has 0 bridgehead atoms. The Hall–Kier alpha value is -1.75. The number of ether oxygens (including phenoxy) is 2. The zero-order chi connectivity index (χ0) is 19.9. The Morgan fingerprint density at radius 3 is 2.56 bits per heavy atom. The summed E-state index contributed by atoms with van der Waals surface area (Å²) >= 11 is 0. The normalized spacial score (nSPS) is 18.3. The van der Waals surface area contributed by atoms with E-state index in [2.05, 4.69) is 63.5 Å². The molecule has 1 heterocycles. The Morgan fingerprint density at radius 1 is 1.26 bits per heavy atom. The van der Waals surface area contributed by atoms with Crippen LogP contribution in [-0.2, 0) is 10.2 Å². The molecule has 0 saturated carbocycles. The summed E-state index contributed by atoms with van der Waals surface area (Å²) in [4.78, 5) is 5.00. The molecule has 1 unspecified atom stereocenters. The Labute approximate surface area is 164 Å². The zero-order valence-electron chi connectivity index (χ0n) is 17.9. The second kappa shape index (κ2) is 9.98. The molecule has 152 valence electrons. The summed E-state index contributed by atoms with van der Waals surface area (Å²) < 4.78 is 11.4. The van der Waals surface area contributed by atoms with Gasteiger partial charge in [-0.1, -0.05) is 31.5 Å². The second-order valence-corrected chi connectivity index (χ2v) is 7.97. The van der Waals surface area contributed by atoms with Crippen LogP contribution in [0.25, 0.3) is 0 Å². The minimum absolute atomic E-state index is 0.0565. The topological polar surface area (TPSA) is 54.9 Å². The van der Waals surface area contributed by atoms with Gasteiger partial charge in [0, 0.05) is 36.8 Å². The lowest BCUT2D eigenvalue weighted by Gasteiger charge is -2.37. The third kappa shape index (κ3) is 5.61. The number of rotatable bonds is 7. The Morgan fingerprint density at radius 2 is 1.96 bits per heavy atom. The van der Waals surface area contributed by atoms with Crippen molar-refractivity contribution in [1.82, 2.24) is 10.6 Å². The number of benzene rings is 1. The van der Waals surface area contributed by atoms with Crippen LogP contribution in [-0.4, -0.2) is 45.4 Å². The molecule has 5 heteroatoms. The molecule has 1 aromatic rings. The maximum absolute atomic E-state index is 5.71. The molecule has 2 rings (SSSR count). The van der Waals surface area contributed by atoms with Gasteiger partial charge in [0.15, 0.2) is 5.96 Å². The SMILES string of the molecule is CCNC(=NCC1(c2cc(C)ccc2OC)CCOCC1)NC(C)C(C)C. The van der Waals surface area contributed by atoms with E-state index < -0.39 is 0 Å². The number of nitrogens with zero attached hydrogens (tertiary/aromatic N) is 1. The Kier molecular flexibility index (Phi) is 7.96. The molecule has 0 radical (unpaired) electrons. The molecule has 1 saturated heterocycles. The number of methoxy groups -OCH3 is 1. The van der Waals surface area contributed by atoms with Gasteiger partial charge in [0.25, 0.3) is 0 Å². The standard InChI is InChI=1S/C22H37N3O2/c1-7-23-21(25-18(5)16(2)3)24-15-22(10-12-27-13-11-22)19-14-17(4)8-9-20(19)26-6/h8-9,14,16,18H,7,10-13,15H2,1-6H3,(H2,23,24,25). The smallest absolute Gasteiger partial charge is 0.191 e. The predicted molar refractivity (Wildman–Crippen MR) is 113 cm³/mol. The molecule has 1 fully saturated rings. The molecule has 1 aliphatic heterocycles. The van der Waals surface area contributed by atoms with E-state index in [1.54, 1.807) is 7.11 Å². The van der Waals surface area contributed by atoms with E-state index >= 15 is 0 Å². The lowest BCUT2D eigenvalue weighted by Crippen LogP contribution is -2.45. The van der Waals surface area contributed by atoms with Crippen molar-refractivity contribution in [2.75, 3.05) is 33.4 Å². The van der Waals surface area contributed by atoms with Gasteiger partial charge >= 0.3 is 0 Å². The fourth-order valence-corrected chi connectivity index (χ4v) is 3.44. The molecular formula is C22H37N3O2. The van der Waals surface area contributed by atoms with Crippen molar-refractivity contribution in [2.45, 2.75) is 58.9 Å². The third-order valence-corrected chi connectivity index (χ3v) is 5.62. The van der Waals surface area contributed by atoms with Crippen molar-refractivity contribution < 1.29 is 9.47 Å². The fourth-order valence-electron chi connectivity index (χ4n) is 3.44. The van der Waals surface area contributed by atoms with E-state index in [1.165, 1.54) is 11.1 Å². The van der Waals surface area contributed by atoms with Crippen LogP contribution < -0.4 is 15.4 Å². The summed E-state index contributed by atoms with van der Waals surface area (Å²) in [7, 11) is 1.75. The average Bonchev–Trinajstić information content (AvgIpc) is 2.67. The highest BCUT2D eigenvalue weighted by Gasteiger charge is 2.37. The third-order valence-electron chi connectivity index (χ3n) is 5.62. The van der Waals surface area contributed by atoms with Crippen molar-refractivity contribution in [3.63, 3.8) is 0 Å². The van der Waals surface area contributed by atoms with E-state index in [0.29, 0.717) is 12.0 Å². The first-order valence-corrected chi connectivity index (χ1v) is 10.2. The molecule has 0 aliphatic carbocycles. The predicted octanol–water partition coefficient (Wildman–Crippen LogP) is 3.65. The van der Waals surface area contributed by atoms with Crippen LogP contribution in [0.5, 0.6) is 5.75 Å². The van der Waals surface area contributed by atoms with E-state index in [1.807, 2.05) is 0 Å². The summed E-state index contributed by atoms with van der Waals surface area (Å²) in [6, 6.07) is 6.81. The van der Waals surface area contributed by atoms with Crippen LogP contribution in [0, 0.1) is 12.8 Å². The highest BCUT2D eigenvalue weighted by atomic mass is 16.5. The van der Waals surface area contributed by atoms with Gasteiger partial charge in [-0.05, 0) is 45.6 Å². The highest BCUT2D eigenvalue weighted by Crippen LogP contribution is 2.40. The summed E-state index contributed by atoms with van der Waals surface area (Å²) in [5, 5.41) is 6.93. The quantitative estimate of drug-likeness (QED) is 0.564. The first kappa shape index (κ1) is 21.5. The first-order valence-electron chi connectivity index (χ1n) is 10.2. The van der Waals surface area contributed by atoms with Crippen LogP contribution in [0.1, 0.15) is 51.7 Å². The highest BCUT2D eigenvalue weighted by molar-refractivity contribution is 5.80. The number of guanidine groups is 1. The van der Waals surface area contributed by atoms with Crippen LogP contribution in [0.2, 0.25) is 0 Å². The van der Waals surface area contributed by atoms with Crippen LogP contribution in [0.3, 0.4) is 0 Å². The van der Waals surface area contributed by atoms with Crippen molar-refractivity contribution >= 4 is 5.96 Å². The molecule has 5 nitrogen and oxygen atoms in total. The summed E-state index contributed by atoms with van der Waals surface area (Å²) in [6.07, 6.45) is 1.91. The van der Waals surface area contributed by atoms with Gasteiger partial charge in [-0.3, -0.25) is 4.99 Å². The monoisotopic (exact) mass is 375 g/mol. The van der Waals surface area contributed by atoms with Gasteiger partial charge in [-0.15, -0.1) is 0 Å². The number of hydrogen-bond acceptors (Lipinski definition) is 3. The summed E-state index contributed by atoms with van der Waals surface area (Å²) in [5.41, 5.74) is 2.45. The molecule has 0 spiro atoms. The molecule has 1 aromatic carbocycles. The van der Waals surface area contributed by atoms with E-state index in [0.717, 1.165) is 50.9 Å². The molecule has 2 N–H and O–H groups in total. The van der Waals surface area contributed by atoms with Crippen LogP contribution in [0.15, 0.2) is 23.2 Å². The van der Waals surface area contributed by atoms with Gasteiger partial charge < -0.3 is 20.1 Å². The van der Waals surface area contributed by atoms with Gasteiger partial charge in [0.1, 0.15) is 5.75 Å². The molecule has 1 aliphatic rings. The van der Waals surface area contributed by atoms with Crippen LogP contribution in [0.4, 0.5) is 0 Å². The van der Waals surface area contributed by atoms with Gasteiger partial charge in [-0.25, -0.2) is 0 Å². The van der Waals surface area contributed by atoms with E-state index in [4.69, 9.17) is 14.5 Å². The minimum Gasteiger partial charge on any atom is -0.496 e. The summed E-state index contributed by atoms with van der Waals surface area (Å²) in [5.74, 6) is 2.38. The molecule has 0 amide bonds. The molecule has 0 aromatic heterocycles. The van der Waals surface area contributed by atoms with Crippen molar-refractivity contribution in [3.8, 4) is 5.75 Å². The van der Waals surface area contributed by atoms with E-state index in [-0.39, 0.29) is 5.41 Å². The maximum Gasteiger partial charge on any atom is 0.191 e. The lowest BCUT2D eigenvalue weighted by atomic mass is 9.73. The van der Waals surface area contributed by atoms with Gasteiger partial charge in [0.05, 0.1) is 13.7 Å². The molecule has 27 heavy (non-hydrogen) atoms. The van der Waals surface area contributed by atoms with Crippen LogP contribution >= 0.6 is 0 Å². The van der Waals surface area contributed by atoms with Crippen molar-refractivity contribution in [2.24, 2.45) is 10.9 Å². The van der Waals surface area contributed by atoms with Crippen molar-refractivity contribution in [1.29, 1.82) is 0 Å². The first-order chi connectivity index (χ1) is 12.9. The minimum atomic E-state index is -0.0565. The molecule has 1 atom stereocenters. The molecular weight excluding hydrogens is 338 g/mol. The number of hydrogen-bond donors (Lipinski definition) is 2. The van der Waals surface area contributed by atoms with E-state index in [9.17, 15) is 0 Å². The average molecular weight is 376 g/mol. The number of aryl methyl sites for hydroxylation is 1.